The van der Waals surface area contributed by atoms with E-state index >= 15 is 0 Å². The predicted molar refractivity (Wildman–Crippen MR) is 85.9 cm³/mol. The summed E-state index contributed by atoms with van der Waals surface area (Å²) in [7, 11) is 0. The number of carbonyl (C=O) groups is 1. The Morgan fingerprint density at radius 2 is 2.05 bits per heavy atom. The van der Waals surface area contributed by atoms with Crippen molar-refractivity contribution in [2.24, 2.45) is 0 Å². The third-order valence-corrected chi connectivity index (χ3v) is 3.94. The van der Waals surface area contributed by atoms with Crippen molar-refractivity contribution < 1.29 is 14.6 Å². The lowest BCUT2D eigenvalue weighted by atomic mass is 10.0. The van der Waals surface area contributed by atoms with E-state index in [0.717, 1.165) is 25.9 Å². The van der Waals surface area contributed by atoms with Crippen LogP contribution in [0.5, 0.6) is 0 Å². The maximum Gasteiger partial charge on any atom is 0.251 e. The van der Waals surface area contributed by atoms with Crippen LogP contribution in [0.4, 0.5) is 0 Å². The number of ether oxygens (including phenoxy) is 1. The maximum atomic E-state index is 12.1. The third kappa shape index (κ3) is 5.40. The molecule has 122 valence electrons. The van der Waals surface area contributed by atoms with Crippen LogP contribution in [0.3, 0.4) is 0 Å². The molecule has 5 nitrogen and oxygen atoms in total. The molecule has 0 bridgehead atoms. The molecule has 1 aromatic carbocycles. The van der Waals surface area contributed by atoms with E-state index in [2.05, 4.69) is 10.2 Å². The first-order valence-corrected chi connectivity index (χ1v) is 8.03. The van der Waals surface area contributed by atoms with Crippen LogP contribution < -0.4 is 5.32 Å². The zero-order chi connectivity index (χ0) is 15.8. The first-order chi connectivity index (χ1) is 10.7. The highest BCUT2D eigenvalue weighted by Crippen LogP contribution is 2.12. The minimum atomic E-state index is -0.435. The van der Waals surface area contributed by atoms with Gasteiger partial charge in [0, 0.05) is 37.8 Å². The number of hydrogen-bond donors (Lipinski definition) is 2. The van der Waals surface area contributed by atoms with Crippen LogP contribution in [-0.4, -0.2) is 60.9 Å². The molecule has 1 amide bonds. The Balaban J connectivity index is 1.70. The van der Waals surface area contributed by atoms with Gasteiger partial charge in [-0.05, 0) is 31.9 Å². The summed E-state index contributed by atoms with van der Waals surface area (Å²) in [6.07, 6.45) is 1.40. The molecule has 1 unspecified atom stereocenters. The van der Waals surface area contributed by atoms with Gasteiger partial charge in [0.1, 0.15) is 0 Å². The van der Waals surface area contributed by atoms with Gasteiger partial charge in [-0.3, -0.25) is 4.79 Å². The average molecular weight is 306 g/mol. The molecule has 1 aliphatic rings. The lowest BCUT2D eigenvalue weighted by Crippen LogP contribution is -2.47. The topological polar surface area (TPSA) is 61.8 Å². The van der Waals surface area contributed by atoms with Crippen LogP contribution in [0.25, 0.3) is 0 Å². The Hall–Kier alpha value is -1.43. The molecule has 1 atom stereocenters. The van der Waals surface area contributed by atoms with Crippen molar-refractivity contribution in [1.29, 1.82) is 0 Å². The number of aliphatic hydroxyl groups excluding tert-OH is 1. The number of amides is 1. The minimum Gasteiger partial charge on any atom is -0.389 e. The van der Waals surface area contributed by atoms with E-state index in [9.17, 15) is 9.90 Å². The van der Waals surface area contributed by atoms with Gasteiger partial charge < -0.3 is 20.1 Å². The lowest BCUT2D eigenvalue weighted by Gasteiger charge is -2.33. The number of piperidine rings is 1. The number of nitrogens with zero attached hydrogens (tertiary/aromatic N) is 1. The molecular weight excluding hydrogens is 280 g/mol. The summed E-state index contributed by atoms with van der Waals surface area (Å²) < 4.78 is 5.23. The minimum absolute atomic E-state index is 0.00423. The standard InChI is InChI=1S/C17H26N2O3/c1-2-22-13-16(20)12-19-10-8-15(9-11-19)18-17(21)14-6-4-3-5-7-14/h3-7,15-16,20H,2,8-13H2,1H3,(H,18,21). The Kier molecular flexibility index (Phi) is 6.83. The van der Waals surface area contributed by atoms with Crippen LogP contribution in [0, 0.1) is 0 Å². The number of aliphatic hydroxyl groups is 1. The maximum absolute atomic E-state index is 12.1. The van der Waals surface area contributed by atoms with Crippen LogP contribution >= 0.6 is 0 Å². The van der Waals surface area contributed by atoms with Crippen LogP contribution in [0.15, 0.2) is 30.3 Å². The summed E-state index contributed by atoms with van der Waals surface area (Å²) in [5.74, 6) is -0.00423. The van der Waals surface area contributed by atoms with Gasteiger partial charge in [0.2, 0.25) is 0 Å². The van der Waals surface area contributed by atoms with E-state index in [-0.39, 0.29) is 11.9 Å². The van der Waals surface area contributed by atoms with Gasteiger partial charge in [0.05, 0.1) is 12.7 Å². The van der Waals surface area contributed by atoms with E-state index in [1.165, 1.54) is 0 Å². The highest BCUT2D eigenvalue weighted by atomic mass is 16.5. The van der Waals surface area contributed by atoms with E-state index in [1.54, 1.807) is 0 Å². The summed E-state index contributed by atoms with van der Waals surface area (Å²) in [5, 5.41) is 12.9. The van der Waals surface area contributed by atoms with Crippen molar-refractivity contribution in [2.45, 2.75) is 31.9 Å². The Bertz CT molecular complexity index is 444. The summed E-state index contributed by atoms with van der Waals surface area (Å²) in [6, 6.07) is 9.52. The van der Waals surface area contributed by atoms with Gasteiger partial charge in [0.15, 0.2) is 0 Å². The van der Waals surface area contributed by atoms with Crippen molar-refractivity contribution in [2.75, 3.05) is 32.8 Å². The van der Waals surface area contributed by atoms with E-state index in [0.29, 0.717) is 25.3 Å². The van der Waals surface area contributed by atoms with Crippen LogP contribution in [0.2, 0.25) is 0 Å². The number of rotatable bonds is 7. The molecule has 1 aliphatic heterocycles. The molecule has 1 fully saturated rings. The fourth-order valence-electron chi connectivity index (χ4n) is 2.72. The average Bonchev–Trinajstić information content (AvgIpc) is 2.55. The smallest absolute Gasteiger partial charge is 0.251 e. The molecule has 5 heteroatoms. The molecule has 1 heterocycles. The Labute approximate surface area is 132 Å². The fraction of sp³-hybridized carbons (Fsp3) is 0.588. The predicted octanol–water partition coefficient (Wildman–Crippen LogP) is 1.28. The molecule has 0 spiro atoms. The monoisotopic (exact) mass is 306 g/mol. The second kappa shape index (κ2) is 8.88. The molecule has 2 N–H and O–H groups in total. The molecule has 2 rings (SSSR count). The summed E-state index contributed by atoms with van der Waals surface area (Å²) in [6.45, 7) is 5.37. The van der Waals surface area contributed by atoms with Crippen molar-refractivity contribution in [1.82, 2.24) is 10.2 Å². The SMILES string of the molecule is CCOCC(O)CN1CCC(NC(=O)c2ccccc2)CC1. The van der Waals surface area contributed by atoms with Gasteiger partial charge in [-0.15, -0.1) is 0 Å². The van der Waals surface area contributed by atoms with Gasteiger partial charge >= 0.3 is 0 Å². The molecule has 0 radical (unpaired) electrons. The number of likely N-dealkylation sites (tertiary alicyclic amines) is 1. The number of nitrogens with one attached hydrogen (secondary N) is 1. The Morgan fingerprint density at radius 1 is 1.36 bits per heavy atom. The fourth-order valence-corrected chi connectivity index (χ4v) is 2.72. The Morgan fingerprint density at radius 3 is 2.68 bits per heavy atom. The van der Waals surface area contributed by atoms with Crippen molar-refractivity contribution in [3.8, 4) is 0 Å². The summed E-state index contributed by atoms with van der Waals surface area (Å²) in [5.41, 5.74) is 0.706. The van der Waals surface area contributed by atoms with E-state index in [1.807, 2.05) is 37.3 Å². The second-order valence-electron chi connectivity index (χ2n) is 5.73. The lowest BCUT2D eigenvalue weighted by molar-refractivity contribution is 0.0161. The molecular formula is C17H26N2O3. The van der Waals surface area contributed by atoms with E-state index in [4.69, 9.17) is 4.74 Å². The number of benzene rings is 1. The zero-order valence-electron chi connectivity index (χ0n) is 13.2. The molecule has 1 aromatic rings. The van der Waals surface area contributed by atoms with Crippen molar-refractivity contribution in [3.05, 3.63) is 35.9 Å². The first-order valence-electron chi connectivity index (χ1n) is 8.03. The molecule has 0 aromatic heterocycles. The summed E-state index contributed by atoms with van der Waals surface area (Å²) in [4.78, 5) is 14.3. The van der Waals surface area contributed by atoms with Crippen molar-refractivity contribution in [3.63, 3.8) is 0 Å². The highest BCUT2D eigenvalue weighted by molar-refractivity contribution is 5.94. The molecule has 0 saturated carbocycles. The quantitative estimate of drug-likeness (QED) is 0.796. The largest absolute Gasteiger partial charge is 0.389 e. The highest BCUT2D eigenvalue weighted by Gasteiger charge is 2.22. The normalized spacial score (nSPS) is 18.1. The van der Waals surface area contributed by atoms with Gasteiger partial charge in [-0.1, -0.05) is 18.2 Å². The van der Waals surface area contributed by atoms with Gasteiger partial charge in [-0.25, -0.2) is 0 Å². The van der Waals surface area contributed by atoms with Crippen LogP contribution in [-0.2, 0) is 4.74 Å². The van der Waals surface area contributed by atoms with E-state index < -0.39 is 6.10 Å². The van der Waals surface area contributed by atoms with Crippen LogP contribution in [0.1, 0.15) is 30.1 Å². The molecule has 0 aliphatic carbocycles. The van der Waals surface area contributed by atoms with Gasteiger partial charge in [0.25, 0.3) is 5.91 Å². The first kappa shape index (κ1) is 16.9. The third-order valence-electron chi connectivity index (χ3n) is 3.94. The second-order valence-corrected chi connectivity index (χ2v) is 5.73. The number of hydrogen-bond acceptors (Lipinski definition) is 4. The number of β-amino-alcohol motifs (C(OH)–C–C–N with tert-alkyl or cyclic N) is 1. The van der Waals surface area contributed by atoms with Crippen molar-refractivity contribution >= 4 is 5.91 Å². The van der Waals surface area contributed by atoms with Gasteiger partial charge in [-0.2, -0.15) is 0 Å². The zero-order valence-corrected chi connectivity index (χ0v) is 13.2. The summed E-state index contributed by atoms with van der Waals surface area (Å²) >= 11 is 0. The number of carbonyl (C=O) groups excluding carboxylic acids is 1. The molecule has 22 heavy (non-hydrogen) atoms. The molecule has 1 saturated heterocycles.